The lowest BCUT2D eigenvalue weighted by molar-refractivity contribution is -0.136. The molecule has 2 aromatic heterocycles. The van der Waals surface area contributed by atoms with Crippen molar-refractivity contribution in [3.05, 3.63) is 46.4 Å². The van der Waals surface area contributed by atoms with E-state index in [0.717, 1.165) is 16.3 Å². The van der Waals surface area contributed by atoms with Crippen LogP contribution in [0.2, 0.25) is 0 Å². The highest BCUT2D eigenvalue weighted by Gasteiger charge is 2.32. The number of hydrogen-bond acceptors (Lipinski definition) is 8. The summed E-state index contributed by atoms with van der Waals surface area (Å²) in [6.07, 6.45) is 2.58. The number of aromatic nitrogens is 1. The van der Waals surface area contributed by atoms with Crippen LogP contribution in [0.15, 0.2) is 46.4 Å². The van der Waals surface area contributed by atoms with Crippen molar-refractivity contribution in [2.45, 2.75) is 17.7 Å². The van der Waals surface area contributed by atoms with Gasteiger partial charge in [0.2, 0.25) is 0 Å². The largest absolute Gasteiger partial charge is 0.422 e. The van der Waals surface area contributed by atoms with Crippen LogP contribution in [0.25, 0.3) is 5.76 Å². The first-order valence-corrected chi connectivity index (χ1v) is 10.4. The minimum absolute atomic E-state index is 0.286. The average molecular weight is 419 g/mol. The van der Waals surface area contributed by atoms with E-state index in [1.807, 2.05) is 30.4 Å². The summed E-state index contributed by atoms with van der Waals surface area (Å²) in [5.74, 6) is 0.0186. The number of rotatable bonds is 7. The van der Waals surface area contributed by atoms with Gasteiger partial charge in [-0.25, -0.2) is 4.98 Å². The Morgan fingerprint density at radius 3 is 2.82 bits per heavy atom. The molecular formula is C19H22N4O3S2. The van der Waals surface area contributed by atoms with Gasteiger partial charge in [0.15, 0.2) is 11.5 Å². The van der Waals surface area contributed by atoms with Gasteiger partial charge < -0.3 is 19.3 Å². The SMILES string of the molecule is CN(C)CCCC(=O)OC1=C(C(=O)Nc2ccccn2)N(C)Sc2ccsc21. The summed E-state index contributed by atoms with van der Waals surface area (Å²) in [4.78, 5) is 33.2. The molecule has 0 bridgehead atoms. The quantitative estimate of drug-likeness (QED) is 0.546. The Balaban J connectivity index is 1.85. The van der Waals surface area contributed by atoms with Gasteiger partial charge >= 0.3 is 5.97 Å². The summed E-state index contributed by atoms with van der Waals surface area (Å²) in [6, 6.07) is 7.22. The van der Waals surface area contributed by atoms with Crippen LogP contribution in [0.3, 0.4) is 0 Å². The molecule has 7 nitrogen and oxygen atoms in total. The lowest BCUT2D eigenvalue weighted by atomic mass is 10.2. The van der Waals surface area contributed by atoms with Crippen molar-refractivity contribution in [1.82, 2.24) is 14.2 Å². The van der Waals surface area contributed by atoms with Gasteiger partial charge in [0.1, 0.15) is 5.82 Å². The van der Waals surface area contributed by atoms with Crippen molar-refractivity contribution in [2.24, 2.45) is 0 Å². The molecule has 0 atom stereocenters. The number of thiophene rings is 1. The Labute approximate surface area is 172 Å². The second-order valence-corrected chi connectivity index (χ2v) is 8.52. The van der Waals surface area contributed by atoms with E-state index in [9.17, 15) is 9.59 Å². The molecule has 1 aliphatic heterocycles. The molecule has 28 heavy (non-hydrogen) atoms. The smallest absolute Gasteiger partial charge is 0.311 e. The monoisotopic (exact) mass is 418 g/mol. The number of nitrogens with one attached hydrogen (secondary N) is 1. The van der Waals surface area contributed by atoms with E-state index in [4.69, 9.17) is 4.74 Å². The number of carbonyl (C=O) groups is 2. The number of pyridine rings is 1. The number of esters is 1. The maximum Gasteiger partial charge on any atom is 0.311 e. The summed E-state index contributed by atoms with van der Waals surface area (Å²) >= 11 is 2.87. The van der Waals surface area contributed by atoms with Gasteiger partial charge in [-0.3, -0.25) is 9.59 Å². The molecule has 0 spiro atoms. The van der Waals surface area contributed by atoms with E-state index < -0.39 is 0 Å². The second-order valence-electron chi connectivity index (χ2n) is 6.43. The fourth-order valence-corrected chi connectivity index (χ4v) is 4.60. The zero-order chi connectivity index (χ0) is 20.1. The van der Waals surface area contributed by atoms with Crippen LogP contribution in [-0.4, -0.2) is 53.8 Å². The maximum atomic E-state index is 12.9. The van der Waals surface area contributed by atoms with Gasteiger partial charge in [0.05, 0.1) is 9.77 Å². The zero-order valence-corrected chi connectivity index (χ0v) is 17.6. The molecule has 1 aliphatic rings. The van der Waals surface area contributed by atoms with E-state index in [1.54, 1.807) is 35.7 Å². The second kappa shape index (κ2) is 9.22. The maximum absolute atomic E-state index is 12.9. The predicted octanol–water partition coefficient (Wildman–Crippen LogP) is 3.29. The topological polar surface area (TPSA) is 74.8 Å². The first kappa shape index (κ1) is 20.4. The first-order chi connectivity index (χ1) is 13.5. The molecule has 3 rings (SSSR count). The van der Waals surface area contributed by atoms with Crippen LogP contribution in [0.5, 0.6) is 0 Å². The van der Waals surface area contributed by atoms with Gasteiger partial charge in [-0.1, -0.05) is 6.07 Å². The van der Waals surface area contributed by atoms with Crippen LogP contribution < -0.4 is 5.32 Å². The molecular weight excluding hydrogens is 396 g/mol. The highest BCUT2D eigenvalue weighted by molar-refractivity contribution is 7.97. The van der Waals surface area contributed by atoms with Crippen LogP contribution >= 0.6 is 23.3 Å². The number of amides is 1. The van der Waals surface area contributed by atoms with Crippen LogP contribution in [0, 0.1) is 0 Å². The van der Waals surface area contributed by atoms with Crippen molar-refractivity contribution in [1.29, 1.82) is 0 Å². The van der Waals surface area contributed by atoms with Crippen LogP contribution in [-0.2, 0) is 14.3 Å². The Bertz CT molecular complexity index is 880. The lowest BCUT2D eigenvalue weighted by Crippen LogP contribution is -2.28. The number of ether oxygens (including phenoxy) is 1. The Morgan fingerprint density at radius 1 is 1.29 bits per heavy atom. The fraction of sp³-hybridized carbons (Fsp3) is 0.316. The highest BCUT2D eigenvalue weighted by Crippen LogP contribution is 2.43. The molecule has 148 valence electrons. The highest BCUT2D eigenvalue weighted by atomic mass is 32.2. The number of hydrogen-bond donors (Lipinski definition) is 1. The van der Waals surface area contributed by atoms with E-state index in [2.05, 4.69) is 10.3 Å². The fourth-order valence-electron chi connectivity index (χ4n) is 2.64. The van der Waals surface area contributed by atoms with Gasteiger partial charge in [-0.05, 0) is 62.6 Å². The van der Waals surface area contributed by atoms with Gasteiger partial charge in [-0.2, -0.15) is 0 Å². The molecule has 0 unspecified atom stereocenters. The number of fused-ring (bicyclic) bond motifs is 1. The van der Waals surface area contributed by atoms with E-state index in [-0.39, 0.29) is 18.3 Å². The zero-order valence-electron chi connectivity index (χ0n) is 16.0. The van der Waals surface area contributed by atoms with Crippen molar-refractivity contribution in [2.75, 3.05) is 33.0 Å². The first-order valence-electron chi connectivity index (χ1n) is 8.77. The number of nitrogens with zero attached hydrogens (tertiary/aromatic N) is 3. The number of likely N-dealkylation sites (N-methyl/N-ethyl adjacent to an activating group) is 1. The standard InChI is InChI=1S/C19H22N4O3S2/c1-22(2)11-6-8-15(24)26-17-16(19(25)21-14-7-4-5-10-20-14)23(3)28-13-9-12-27-18(13)17/h4-5,7,9-10,12H,6,8,11H2,1-3H3,(H,20,21,25). The van der Waals surface area contributed by atoms with Gasteiger partial charge in [0.25, 0.3) is 5.91 Å². The number of carbonyl (C=O) groups excluding carboxylic acids is 2. The molecule has 1 amide bonds. The molecule has 0 radical (unpaired) electrons. The average Bonchev–Trinajstić information content (AvgIpc) is 3.10. The summed E-state index contributed by atoms with van der Waals surface area (Å²) in [6.45, 7) is 0.793. The van der Waals surface area contributed by atoms with Crippen molar-refractivity contribution >= 4 is 46.7 Å². The summed E-state index contributed by atoms with van der Waals surface area (Å²) < 4.78 is 7.41. The van der Waals surface area contributed by atoms with E-state index in [0.29, 0.717) is 23.7 Å². The third kappa shape index (κ3) is 4.92. The van der Waals surface area contributed by atoms with E-state index in [1.165, 1.54) is 23.3 Å². The number of anilines is 1. The van der Waals surface area contributed by atoms with Gasteiger partial charge in [-0.15, -0.1) is 11.3 Å². The van der Waals surface area contributed by atoms with Crippen LogP contribution in [0.1, 0.15) is 17.7 Å². The van der Waals surface area contributed by atoms with Gasteiger partial charge in [0, 0.05) is 19.7 Å². The summed E-state index contributed by atoms with van der Waals surface area (Å²) in [5.41, 5.74) is 0.298. The molecule has 0 aromatic carbocycles. The molecule has 9 heteroatoms. The molecule has 1 N–H and O–H groups in total. The Morgan fingerprint density at radius 2 is 2.11 bits per heavy atom. The third-order valence-electron chi connectivity index (χ3n) is 3.92. The minimum Gasteiger partial charge on any atom is -0.422 e. The minimum atomic E-state index is -0.371. The summed E-state index contributed by atoms with van der Waals surface area (Å²) in [7, 11) is 5.69. The Kier molecular flexibility index (Phi) is 6.71. The molecule has 3 heterocycles. The van der Waals surface area contributed by atoms with Crippen molar-refractivity contribution in [3.8, 4) is 0 Å². The predicted molar refractivity (Wildman–Crippen MR) is 112 cm³/mol. The van der Waals surface area contributed by atoms with Crippen LogP contribution in [0.4, 0.5) is 5.82 Å². The Hall–Kier alpha value is -2.36. The summed E-state index contributed by atoms with van der Waals surface area (Å²) in [5, 5.41) is 4.69. The lowest BCUT2D eigenvalue weighted by Gasteiger charge is -2.27. The molecule has 2 aromatic rings. The molecule has 0 aliphatic carbocycles. The normalized spacial score (nSPS) is 13.5. The van der Waals surface area contributed by atoms with Crippen molar-refractivity contribution in [3.63, 3.8) is 0 Å². The molecule has 0 fully saturated rings. The molecule has 0 saturated carbocycles. The molecule has 0 saturated heterocycles. The van der Waals surface area contributed by atoms with E-state index >= 15 is 0 Å². The third-order valence-corrected chi connectivity index (χ3v) is 5.96. The van der Waals surface area contributed by atoms with Crippen molar-refractivity contribution < 1.29 is 14.3 Å².